The van der Waals surface area contributed by atoms with Crippen molar-refractivity contribution in [3.63, 3.8) is 0 Å². The van der Waals surface area contributed by atoms with Gasteiger partial charge >= 0.3 is 5.97 Å². The van der Waals surface area contributed by atoms with Crippen molar-refractivity contribution in [2.75, 3.05) is 18.6 Å². The number of carbonyl (C=O) groups excluding carboxylic acids is 2. The molecule has 100 valence electrons. The summed E-state index contributed by atoms with van der Waals surface area (Å²) in [6.45, 7) is -0.0180. The minimum absolute atomic E-state index is 0.0180. The molecule has 0 saturated carbocycles. The summed E-state index contributed by atoms with van der Waals surface area (Å²) in [4.78, 5) is 35.2. The third kappa shape index (κ3) is 2.73. The number of carbonyl (C=O) groups is 3. The van der Waals surface area contributed by atoms with Gasteiger partial charge in [-0.3, -0.25) is 14.4 Å². The van der Waals surface area contributed by atoms with Crippen molar-refractivity contribution >= 4 is 23.3 Å². The predicted octanol–water partition coefficient (Wildman–Crippen LogP) is 1.09. The Hall–Kier alpha value is -2.37. The molecule has 0 spiro atoms. The molecule has 2 rings (SSSR count). The topological polar surface area (TPSA) is 83.9 Å². The Morgan fingerprint density at radius 1 is 1.37 bits per heavy atom. The molecule has 0 saturated heterocycles. The maximum Gasteiger partial charge on any atom is 0.303 e. The Bertz CT molecular complexity index is 552. The highest BCUT2D eigenvalue weighted by Crippen LogP contribution is 2.32. The van der Waals surface area contributed by atoms with Crippen LogP contribution in [0.1, 0.15) is 23.2 Å². The van der Waals surface area contributed by atoms with Crippen molar-refractivity contribution in [2.45, 2.75) is 12.8 Å². The highest BCUT2D eigenvalue weighted by Gasteiger charge is 2.23. The van der Waals surface area contributed by atoms with Crippen LogP contribution in [-0.4, -0.2) is 36.4 Å². The largest absolute Gasteiger partial charge is 0.482 e. The fourth-order valence-electron chi connectivity index (χ4n) is 1.81. The van der Waals surface area contributed by atoms with Crippen LogP contribution in [0.15, 0.2) is 18.2 Å². The van der Waals surface area contributed by atoms with Crippen LogP contribution >= 0.6 is 0 Å². The maximum atomic E-state index is 11.8. The second kappa shape index (κ2) is 5.09. The summed E-state index contributed by atoms with van der Waals surface area (Å²) < 4.78 is 5.24. The number of ether oxygens (including phenoxy) is 1. The zero-order chi connectivity index (χ0) is 14.0. The molecule has 6 heteroatoms. The first-order valence-corrected chi connectivity index (χ1v) is 5.77. The molecule has 1 amide bonds. The summed E-state index contributed by atoms with van der Waals surface area (Å²) in [6.07, 6.45) is -0.270. The number of carboxylic acids is 1. The Labute approximate surface area is 109 Å². The number of anilines is 1. The van der Waals surface area contributed by atoms with Gasteiger partial charge in [-0.25, -0.2) is 0 Å². The molecule has 0 aromatic heterocycles. The van der Waals surface area contributed by atoms with Gasteiger partial charge < -0.3 is 14.7 Å². The van der Waals surface area contributed by atoms with Gasteiger partial charge in [0.2, 0.25) is 0 Å². The molecule has 1 aromatic rings. The van der Waals surface area contributed by atoms with E-state index in [9.17, 15) is 14.4 Å². The van der Waals surface area contributed by atoms with Crippen molar-refractivity contribution < 1.29 is 24.2 Å². The van der Waals surface area contributed by atoms with E-state index in [1.165, 1.54) is 4.90 Å². The molecular formula is C13H13NO5. The van der Waals surface area contributed by atoms with E-state index in [4.69, 9.17) is 9.84 Å². The number of benzene rings is 1. The molecule has 0 unspecified atom stereocenters. The lowest BCUT2D eigenvalue weighted by atomic mass is 10.0. The number of amides is 1. The fourth-order valence-corrected chi connectivity index (χ4v) is 1.81. The van der Waals surface area contributed by atoms with Gasteiger partial charge in [0.15, 0.2) is 12.4 Å². The summed E-state index contributed by atoms with van der Waals surface area (Å²) in [7, 11) is 1.61. The number of rotatable bonds is 4. The van der Waals surface area contributed by atoms with E-state index in [1.807, 2.05) is 0 Å². The second-order valence-corrected chi connectivity index (χ2v) is 4.24. The second-order valence-electron chi connectivity index (χ2n) is 4.24. The van der Waals surface area contributed by atoms with Crippen LogP contribution in [0.4, 0.5) is 5.69 Å². The Morgan fingerprint density at radius 3 is 2.79 bits per heavy atom. The smallest absolute Gasteiger partial charge is 0.303 e. The van der Waals surface area contributed by atoms with Crippen LogP contribution in [-0.2, 0) is 9.59 Å². The SMILES string of the molecule is CN1C(=O)COc2ccc(C(=O)CCC(=O)O)cc21. The van der Waals surface area contributed by atoms with Crippen LogP contribution in [0.25, 0.3) is 0 Å². The molecular weight excluding hydrogens is 250 g/mol. The molecule has 1 heterocycles. The predicted molar refractivity (Wildman–Crippen MR) is 66.5 cm³/mol. The normalized spacial score (nSPS) is 13.7. The van der Waals surface area contributed by atoms with Gasteiger partial charge in [-0.15, -0.1) is 0 Å². The number of likely N-dealkylation sites (N-methyl/N-ethyl adjacent to an activating group) is 1. The van der Waals surface area contributed by atoms with Crippen LogP contribution < -0.4 is 9.64 Å². The molecule has 0 bridgehead atoms. The van der Waals surface area contributed by atoms with E-state index < -0.39 is 5.97 Å². The lowest BCUT2D eigenvalue weighted by Crippen LogP contribution is -2.35. The number of ketones is 1. The third-order valence-corrected chi connectivity index (χ3v) is 2.93. The molecule has 1 aliphatic rings. The van der Waals surface area contributed by atoms with Crippen LogP contribution in [0.5, 0.6) is 5.75 Å². The monoisotopic (exact) mass is 263 g/mol. The third-order valence-electron chi connectivity index (χ3n) is 2.93. The highest BCUT2D eigenvalue weighted by atomic mass is 16.5. The van der Waals surface area contributed by atoms with Gasteiger partial charge in [0, 0.05) is 19.0 Å². The Morgan fingerprint density at radius 2 is 2.11 bits per heavy atom. The maximum absolute atomic E-state index is 11.8. The van der Waals surface area contributed by atoms with E-state index in [-0.39, 0.29) is 31.1 Å². The van der Waals surface area contributed by atoms with Crippen molar-refractivity contribution in [2.24, 2.45) is 0 Å². The van der Waals surface area contributed by atoms with Crippen LogP contribution in [0.2, 0.25) is 0 Å². The molecule has 0 atom stereocenters. The van der Waals surface area contributed by atoms with E-state index in [0.29, 0.717) is 17.0 Å². The number of hydrogen-bond acceptors (Lipinski definition) is 4. The Kier molecular flexibility index (Phi) is 3.50. The summed E-state index contributed by atoms with van der Waals surface area (Å²) >= 11 is 0. The number of aliphatic carboxylic acids is 1. The number of nitrogens with zero attached hydrogens (tertiary/aromatic N) is 1. The van der Waals surface area contributed by atoms with Crippen molar-refractivity contribution in [3.05, 3.63) is 23.8 Å². The van der Waals surface area contributed by atoms with E-state index in [2.05, 4.69) is 0 Å². The first-order valence-electron chi connectivity index (χ1n) is 5.77. The van der Waals surface area contributed by atoms with E-state index in [1.54, 1.807) is 25.2 Å². The standard InChI is InChI=1S/C13H13NO5/c1-14-9-6-8(10(15)3-5-13(17)18)2-4-11(9)19-7-12(14)16/h2,4,6H,3,5,7H2,1H3,(H,17,18). The summed E-state index contributed by atoms with van der Waals surface area (Å²) in [5.74, 6) is -0.932. The molecule has 0 radical (unpaired) electrons. The van der Waals surface area contributed by atoms with Gasteiger partial charge in [-0.05, 0) is 18.2 Å². The lowest BCUT2D eigenvalue weighted by Gasteiger charge is -2.26. The number of fused-ring (bicyclic) bond motifs is 1. The molecule has 6 nitrogen and oxygen atoms in total. The van der Waals surface area contributed by atoms with Crippen LogP contribution in [0.3, 0.4) is 0 Å². The molecule has 19 heavy (non-hydrogen) atoms. The van der Waals surface area contributed by atoms with Gasteiger partial charge in [-0.2, -0.15) is 0 Å². The number of Topliss-reactive ketones (excluding diaryl/α,β-unsaturated/α-hetero) is 1. The minimum atomic E-state index is -1.01. The van der Waals surface area contributed by atoms with Gasteiger partial charge in [0.05, 0.1) is 12.1 Å². The first-order chi connectivity index (χ1) is 8.99. The summed E-state index contributed by atoms with van der Waals surface area (Å²) in [6, 6.07) is 4.75. The van der Waals surface area contributed by atoms with E-state index in [0.717, 1.165) is 0 Å². The average molecular weight is 263 g/mol. The zero-order valence-electron chi connectivity index (χ0n) is 10.4. The number of hydrogen-bond donors (Lipinski definition) is 1. The zero-order valence-corrected chi connectivity index (χ0v) is 10.4. The average Bonchev–Trinajstić information content (AvgIpc) is 2.40. The highest BCUT2D eigenvalue weighted by molar-refractivity contribution is 6.02. The summed E-state index contributed by atoms with van der Waals surface area (Å²) in [5.41, 5.74) is 0.905. The molecule has 1 aliphatic heterocycles. The first kappa shape index (κ1) is 13.1. The van der Waals surface area contributed by atoms with Crippen molar-refractivity contribution in [1.82, 2.24) is 0 Å². The van der Waals surface area contributed by atoms with Gasteiger partial charge in [0.25, 0.3) is 5.91 Å². The minimum Gasteiger partial charge on any atom is -0.482 e. The van der Waals surface area contributed by atoms with Crippen molar-refractivity contribution in [3.8, 4) is 5.75 Å². The lowest BCUT2D eigenvalue weighted by molar-refractivity contribution is -0.137. The van der Waals surface area contributed by atoms with E-state index >= 15 is 0 Å². The molecule has 0 aliphatic carbocycles. The molecule has 0 fully saturated rings. The summed E-state index contributed by atoms with van der Waals surface area (Å²) in [5, 5.41) is 8.55. The molecule has 1 N–H and O–H groups in total. The van der Waals surface area contributed by atoms with Crippen molar-refractivity contribution in [1.29, 1.82) is 0 Å². The van der Waals surface area contributed by atoms with Gasteiger partial charge in [-0.1, -0.05) is 0 Å². The number of carboxylic acid groups (broad SMARTS) is 1. The van der Waals surface area contributed by atoms with Gasteiger partial charge in [0.1, 0.15) is 5.75 Å². The fraction of sp³-hybridized carbons (Fsp3) is 0.308. The Balaban J connectivity index is 2.23. The van der Waals surface area contributed by atoms with Crippen LogP contribution in [0, 0.1) is 0 Å². The quantitative estimate of drug-likeness (QED) is 0.822. The molecule has 1 aromatic carbocycles.